The average Bonchev–Trinajstić information content (AvgIpc) is 3.42. The topological polar surface area (TPSA) is 34.1 Å². The highest BCUT2D eigenvalue weighted by Gasteiger charge is 2.52. The molecule has 4 aromatic rings. The minimum Gasteiger partial charge on any atom is -0.294 e. The summed E-state index contributed by atoms with van der Waals surface area (Å²) in [5.41, 5.74) is 10.2. The number of hydrogen-bond acceptors (Lipinski definition) is 2. The molecule has 1 spiro atoms. The first-order chi connectivity index (χ1) is 19.9. The van der Waals surface area contributed by atoms with Crippen molar-refractivity contribution in [1.29, 1.82) is 0 Å². The Morgan fingerprint density at radius 2 is 0.902 bits per heavy atom. The van der Waals surface area contributed by atoms with Crippen LogP contribution < -0.4 is 0 Å². The maximum absolute atomic E-state index is 13.4. The van der Waals surface area contributed by atoms with Crippen molar-refractivity contribution in [3.05, 3.63) is 115 Å². The Kier molecular flexibility index (Phi) is 7.91. The molecule has 208 valence electrons. The molecule has 2 aliphatic rings. The van der Waals surface area contributed by atoms with Crippen LogP contribution in [0.25, 0.3) is 22.3 Å². The standard InChI is InChI=1S/C37H34Br2O2/c1-3-5-7-9-35(40)23-11-15-27-29-17-13-25(38)21-33(29)37(31(27)19-23)32-20-24(36(41)10-8-6-4-2)12-16-28(32)30-18-14-26(39)22-34(30)37/h11-22H,3-10H2,1-2H3. The molecule has 41 heavy (non-hydrogen) atoms. The van der Waals surface area contributed by atoms with Crippen molar-refractivity contribution >= 4 is 43.4 Å². The zero-order chi connectivity index (χ0) is 28.7. The van der Waals surface area contributed by atoms with E-state index < -0.39 is 5.41 Å². The third-order valence-corrected chi connectivity index (χ3v) is 9.84. The zero-order valence-corrected chi connectivity index (χ0v) is 26.8. The molecule has 2 nitrogen and oxygen atoms in total. The van der Waals surface area contributed by atoms with Crippen molar-refractivity contribution in [3.63, 3.8) is 0 Å². The van der Waals surface area contributed by atoms with Gasteiger partial charge in [-0.25, -0.2) is 0 Å². The highest BCUT2D eigenvalue weighted by molar-refractivity contribution is 9.10. The summed E-state index contributed by atoms with van der Waals surface area (Å²) >= 11 is 7.53. The molecule has 2 aliphatic carbocycles. The second kappa shape index (κ2) is 11.5. The van der Waals surface area contributed by atoms with Crippen LogP contribution in [0.5, 0.6) is 0 Å². The van der Waals surface area contributed by atoms with E-state index in [0.29, 0.717) is 12.8 Å². The maximum atomic E-state index is 13.4. The van der Waals surface area contributed by atoms with Crippen LogP contribution in [0.1, 0.15) is 108 Å². The smallest absolute Gasteiger partial charge is 0.162 e. The second-order valence-electron chi connectivity index (χ2n) is 11.4. The van der Waals surface area contributed by atoms with Crippen LogP contribution in [-0.4, -0.2) is 11.6 Å². The highest BCUT2D eigenvalue weighted by atomic mass is 79.9. The van der Waals surface area contributed by atoms with E-state index in [-0.39, 0.29) is 11.6 Å². The van der Waals surface area contributed by atoms with Crippen LogP contribution in [0.3, 0.4) is 0 Å². The van der Waals surface area contributed by atoms with E-state index in [9.17, 15) is 9.59 Å². The lowest BCUT2D eigenvalue weighted by molar-refractivity contribution is 0.0971. The number of rotatable bonds is 10. The summed E-state index contributed by atoms with van der Waals surface area (Å²) < 4.78 is 2.02. The first kappa shape index (κ1) is 28.3. The molecule has 0 amide bonds. The maximum Gasteiger partial charge on any atom is 0.162 e. The first-order valence-electron chi connectivity index (χ1n) is 14.9. The van der Waals surface area contributed by atoms with Gasteiger partial charge in [-0.2, -0.15) is 0 Å². The molecule has 0 bridgehead atoms. The van der Waals surface area contributed by atoms with Crippen molar-refractivity contribution in [1.82, 2.24) is 0 Å². The lowest BCUT2D eigenvalue weighted by atomic mass is 9.70. The monoisotopic (exact) mass is 668 g/mol. The predicted molar refractivity (Wildman–Crippen MR) is 175 cm³/mol. The number of halogens is 2. The van der Waals surface area contributed by atoms with Gasteiger partial charge in [-0.1, -0.05) is 108 Å². The zero-order valence-electron chi connectivity index (χ0n) is 23.7. The number of fused-ring (bicyclic) bond motifs is 10. The van der Waals surface area contributed by atoms with Gasteiger partial charge in [0.15, 0.2) is 11.6 Å². The second-order valence-corrected chi connectivity index (χ2v) is 13.2. The number of Topliss-reactive ketones (excluding diaryl/α,β-unsaturated/α-hetero) is 2. The highest BCUT2D eigenvalue weighted by Crippen LogP contribution is 2.63. The summed E-state index contributed by atoms with van der Waals surface area (Å²) in [5, 5.41) is 0. The van der Waals surface area contributed by atoms with E-state index in [4.69, 9.17) is 0 Å². The molecular formula is C37H34Br2O2. The normalized spacial score (nSPS) is 13.6. The number of unbranched alkanes of at least 4 members (excludes halogenated alkanes) is 4. The molecule has 0 unspecified atom stereocenters. The number of hydrogen-bond donors (Lipinski definition) is 0. The van der Waals surface area contributed by atoms with Gasteiger partial charge in [0.1, 0.15) is 0 Å². The number of ketones is 2. The largest absolute Gasteiger partial charge is 0.294 e. The summed E-state index contributed by atoms with van der Waals surface area (Å²) in [6, 6.07) is 25.6. The Morgan fingerprint density at radius 3 is 1.29 bits per heavy atom. The summed E-state index contributed by atoms with van der Waals surface area (Å²) in [6.45, 7) is 4.32. The first-order valence-corrected chi connectivity index (χ1v) is 16.4. The van der Waals surface area contributed by atoms with Crippen LogP contribution >= 0.6 is 31.9 Å². The molecule has 4 heteroatoms. The van der Waals surface area contributed by atoms with E-state index in [1.54, 1.807) is 0 Å². The summed E-state index contributed by atoms with van der Waals surface area (Å²) in [5.74, 6) is 0.391. The Labute approximate surface area is 259 Å². The van der Waals surface area contributed by atoms with Crippen LogP contribution in [0.2, 0.25) is 0 Å². The molecule has 0 heterocycles. The van der Waals surface area contributed by atoms with Gasteiger partial charge in [0.05, 0.1) is 5.41 Å². The van der Waals surface area contributed by atoms with Crippen LogP contribution in [0.15, 0.2) is 81.7 Å². The molecule has 0 saturated heterocycles. The van der Waals surface area contributed by atoms with Gasteiger partial charge >= 0.3 is 0 Å². The summed E-state index contributed by atoms with van der Waals surface area (Å²) in [6.07, 6.45) is 7.24. The van der Waals surface area contributed by atoms with Crippen molar-refractivity contribution in [2.45, 2.75) is 70.6 Å². The quantitative estimate of drug-likeness (QED) is 0.107. The van der Waals surface area contributed by atoms with Gasteiger partial charge in [-0.05, 0) is 93.7 Å². The SMILES string of the molecule is CCCCCC(=O)c1ccc2c(c1)C1(c3cc(Br)ccc3-2)c2cc(Br)ccc2-c2ccc(C(=O)CCCCC)cc21. The molecule has 0 aliphatic heterocycles. The number of benzene rings is 4. The van der Waals surface area contributed by atoms with Crippen molar-refractivity contribution in [2.75, 3.05) is 0 Å². The number of carbonyl (C=O) groups excluding carboxylic acids is 2. The molecule has 6 rings (SSSR count). The van der Waals surface area contributed by atoms with E-state index in [1.807, 2.05) is 12.1 Å². The van der Waals surface area contributed by atoms with E-state index >= 15 is 0 Å². The fraction of sp³-hybridized carbons (Fsp3) is 0.297. The fourth-order valence-electron chi connectivity index (χ4n) is 6.88. The fourth-order valence-corrected chi connectivity index (χ4v) is 7.60. The van der Waals surface area contributed by atoms with Gasteiger partial charge < -0.3 is 0 Å². The summed E-state index contributed by atoms with van der Waals surface area (Å²) in [4.78, 5) is 26.8. The van der Waals surface area contributed by atoms with Crippen molar-refractivity contribution in [2.24, 2.45) is 0 Å². The van der Waals surface area contributed by atoms with Crippen LogP contribution in [-0.2, 0) is 5.41 Å². The summed E-state index contributed by atoms with van der Waals surface area (Å²) in [7, 11) is 0. The van der Waals surface area contributed by atoms with Gasteiger partial charge in [0.2, 0.25) is 0 Å². The van der Waals surface area contributed by atoms with Crippen LogP contribution in [0, 0.1) is 0 Å². The molecule has 0 atom stereocenters. The predicted octanol–water partition coefficient (Wildman–Crippen LogP) is 11.1. The minimum absolute atomic E-state index is 0.195. The van der Waals surface area contributed by atoms with Crippen molar-refractivity contribution < 1.29 is 9.59 Å². The molecule has 0 aromatic heterocycles. The Hall–Kier alpha value is -2.82. The molecule has 0 saturated carbocycles. The van der Waals surface area contributed by atoms with E-state index in [1.165, 1.54) is 22.3 Å². The average molecular weight is 670 g/mol. The molecule has 0 N–H and O–H groups in total. The van der Waals surface area contributed by atoms with Crippen LogP contribution in [0.4, 0.5) is 0 Å². The van der Waals surface area contributed by atoms with Gasteiger partial charge in [0.25, 0.3) is 0 Å². The Morgan fingerprint density at radius 1 is 0.537 bits per heavy atom. The lowest BCUT2D eigenvalue weighted by Crippen LogP contribution is -2.26. The molecule has 0 fully saturated rings. The Bertz CT molecular complexity index is 1560. The molecule has 0 radical (unpaired) electrons. The van der Waals surface area contributed by atoms with Gasteiger partial charge in [-0.15, -0.1) is 0 Å². The van der Waals surface area contributed by atoms with Gasteiger partial charge in [-0.3, -0.25) is 9.59 Å². The van der Waals surface area contributed by atoms with E-state index in [2.05, 4.69) is 106 Å². The Balaban J connectivity index is 1.61. The minimum atomic E-state index is -0.623. The number of carbonyl (C=O) groups is 2. The van der Waals surface area contributed by atoms with E-state index in [0.717, 1.165) is 80.9 Å². The lowest BCUT2D eigenvalue weighted by Gasteiger charge is -2.31. The third kappa shape index (κ3) is 4.68. The third-order valence-electron chi connectivity index (χ3n) is 8.86. The van der Waals surface area contributed by atoms with Gasteiger partial charge in [0, 0.05) is 32.9 Å². The van der Waals surface area contributed by atoms with Crippen molar-refractivity contribution in [3.8, 4) is 22.3 Å². The molecule has 4 aromatic carbocycles. The molecular weight excluding hydrogens is 636 g/mol.